The van der Waals surface area contributed by atoms with Gasteiger partial charge in [-0.15, -0.1) is 0 Å². The van der Waals surface area contributed by atoms with Crippen LogP contribution in [0.2, 0.25) is 0 Å². The predicted octanol–water partition coefficient (Wildman–Crippen LogP) is 4.45. The van der Waals surface area contributed by atoms with E-state index in [4.69, 9.17) is 4.74 Å². The number of carbonyl (C=O) groups excluding carboxylic acids is 1. The van der Waals surface area contributed by atoms with Gasteiger partial charge in [-0.3, -0.25) is 4.79 Å². The Labute approximate surface area is 139 Å². The van der Waals surface area contributed by atoms with Gasteiger partial charge in [-0.2, -0.15) is 0 Å². The first-order valence-electron chi connectivity index (χ1n) is 9.61. The van der Waals surface area contributed by atoms with Gasteiger partial charge in [-0.05, 0) is 80.3 Å². The Hall–Kier alpha value is -0.890. The van der Waals surface area contributed by atoms with Crippen molar-refractivity contribution in [2.45, 2.75) is 64.9 Å². The summed E-state index contributed by atoms with van der Waals surface area (Å²) >= 11 is 0. The van der Waals surface area contributed by atoms with Crippen LogP contribution >= 0.6 is 0 Å². The van der Waals surface area contributed by atoms with E-state index >= 15 is 0 Å². The number of ether oxygens (including phenoxy) is 1. The molecule has 5 rings (SSSR count). The second kappa shape index (κ2) is 4.59. The zero-order chi connectivity index (χ0) is 15.8. The fourth-order valence-electron chi connectivity index (χ4n) is 7.36. The Morgan fingerprint density at radius 1 is 1.22 bits per heavy atom. The van der Waals surface area contributed by atoms with Crippen LogP contribution in [0.5, 0.6) is 0 Å². The van der Waals surface area contributed by atoms with E-state index in [0.29, 0.717) is 11.2 Å². The molecule has 0 aromatic carbocycles. The molecule has 0 spiro atoms. The fourth-order valence-corrected chi connectivity index (χ4v) is 7.36. The number of fused-ring (bicyclic) bond motifs is 3. The lowest BCUT2D eigenvalue weighted by Gasteiger charge is -2.56. The number of hydrogen-bond donors (Lipinski definition) is 0. The van der Waals surface area contributed by atoms with Crippen molar-refractivity contribution >= 4 is 5.78 Å². The summed E-state index contributed by atoms with van der Waals surface area (Å²) in [6, 6.07) is 0. The topological polar surface area (TPSA) is 26.3 Å². The number of allylic oxidation sites excluding steroid dienone is 2. The van der Waals surface area contributed by atoms with Crippen LogP contribution in [0.4, 0.5) is 0 Å². The van der Waals surface area contributed by atoms with Crippen molar-refractivity contribution in [1.29, 1.82) is 0 Å². The molecule has 6 atom stereocenters. The molecule has 4 fully saturated rings. The van der Waals surface area contributed by atoms with Crippen LogP contribution in [0.25, 0.3) is 0 Å². The monoisotopic (exact) mass is 312 g/mol. The molecule has 0 radical (unpaired) electrons. The van der Waals surface area contributed by atoms with Gasteiger partial charge in [0, 0.05) is 11.8 Å². The summed E-state index contributed by atoms with van der Waals surface area (Å²) in [5.74, 6) is 2.74. The summed E-state index contributed by atoms with van der Waals surface area (Å²) in [7, 11) is 0. The van der Waals surface area contributed by atoms with Crippen LogP contribution in [0.3, 0.4) is 0 Å². The average Bonchev–Trinajstić information content (AvgIpc) is 3.01. The smallest absolute Gasteiger partial charge is 0.155 e. The third kappa shape index (κ3) is 1.66. The third-order valence-electron chi connectivity index (χ3n) is 8.43. The Morgan fingerprint density at radius 3 is 2.91 bits per heavy atom. The molecule has 0 N–H and O–H groups in total. The maximum absolute atomic E-state index is 12.0. The van der Waals surface area contributed by atoms with Crippen molar-refractivity contribution in [3.8, 4) is 0 Å². The van der Waals surface area contributed by atoms with Crippen LogP contribution < -0.4 is 0 Å². The SMILES string of the molecule is CC=C1CC[C@H]2[C@@H]3CC4OC[C@@]5(CCC(=O)C=C45)[C@H]3CC[C@]12C. The average molecular weight is 312 g/mol. The van der Waals surface area contributed by atoms with E-state index in [-0.39, 0.29) is 11.5 Å². The first-order valence-corrected chi connectivity index (χ1v) is 9.61. The normalized spacial score (nSPS) is 52.9. The largest absolute Gasteiger partial charge is 0.373 e. The maximum atomic E-state index is 12.0. The van der Waals surface area contributed by atoms with E-state index in [1.54, 1.807) is 5.57 Å². The van der Waals surface area contributed by atoms with Crippen molar-refractivity contribution in [1.82, 2.24) is 0 Å². The zero-order valence-electron chi connectivity index (χ0n) is 14.4. The lowest BCUT2D eigenvalue weighted by Crippen LogP contribution is -2.51. The molecule has 1 heterocycles. The van der Waals surface area contributed by atoms with Crippen LogP contribution in [-0.4, -0.2) is 18.5 Å². The molecule has 4 aliphatic carbocycles. The van der Waals surface area contributed by atoms with E-state index in [0.717, 1.165) is 37.2 Å². The molecule has 1 saturated heterocycles. The quantitative estimate of drug-likeness (QED) is 0.618. The standard InChI is InChI=1S/C21H28O2/c1-3-13-4-5-16-15-11-19-18-10-14(22)6-9-21(18,12-23-19)17(15)7-8-20(13,16)2/h3,10,15-17,19H,4-9,11-12H2,1-2H3/t15-,16-,17-,19?,20+,21-/m0/s1. The van der Waals surface area contributed by atoms with Crippen molar-refractivity contribution in [2.24, 2.45) is 28.6 Å². The Bertz CT molecular complexity index is 630. The van der Waals surface area contributed by atoms with Crippen LogP contribution in [0.15, 0.2) is 23.3 Å². The van der Waals surface area contributed by atoms with E-state index in [2.05, 4.69) is 19.9 Å². The molecule has 5 aliphatic rings. The molecule has 1 unspecified atom stereocenters. The third-order valence-corrected chi connectivity index (χ3v) is 8.43. The van der Waals surface area contributed by atoms with Crippen LogP contribution in [-0.2, 0) is 9.53 Å². The second-order valence-corrected chi connectivity index (χ2v) is 8.94. The van der Waals surface area contributed by atoms with E-state index < -0.39 is 0 Å². The minimum atomic E-state index is 0.224. The van der Waals surface area contributed by atoms with Gasteiger partial charge in [0.2, 0.25) is 0 Å². The van der Waals surface area contributed by atoms with E-state index in [1.165, 1.54) is 37.7 Å². The highest BCUT2D eigenvalue weighted by Gasteiger charge is 2.63. The predicted molar refractivity (Wildman–Crippen MR) is 89.9 cm³/mol. The maximum Gasteiger partial charge on any atom is 0.155 e. The van der Waals surface area contributed by atoms with Gasteiger partial charge in [-0.1, -0.05) is 18.6 Å². The highest BCUT2D eigenvalue weighted by molar-refractivity contribution is 5.92. The zero-order valence-corrected chi connectivity index (χ0v) is 14.4. The van der Waals surface area contributed by atoms with Crippen molar-refractivity contribution in [2.75, 3.05) is 6.61 Å². The molecular weight excluding hydrogens is 284 g/mol. The molecule has 23 heavy (non-hydrogen) atoms. The van der Waals surface area contributed by atoms with Gasteiger partial charge < -0.3 is 4.74 Å². The van der Waals surface area contributed by atoms with Gasteiger partial charge >= 0.3 is 0 Å². The Balaban J connectivity index is 1.57. The van der Waals surface area contributed by atoms with E-state index in [1.807, 2.05) is 6.08 Å². The summed E-state index contributed by atoms with van der Waals surface area (Å²) in [6.45, 7) is 5.65. The molecule has 0 amide bonds. The highest BCUT2D eigenvalue weighted by atomic mass is 16.5. The number of ketones is 1. The minimum absolute atomic E-state index is 0.224. The first kappa shape index (κ1) is 14.5. The van der Waals surface area contributed by atoms with Gasteiger partial charge in [0.1, 0.15) is 0 Å². The summed E-state index contributed by atoms with van der Waals surface area (Å²) in [5, 5.41) is 0. The molecular formula is C21H28O2. The van der Waals surface area contributed by atoms with Gasteiger partial charge in [-0.25, -0.2) is 0 Å². The Morgan fingerprint density at radius 2 is 2.09 bits per heavy atom. The lowest BCUT2D eigenvalue weighted by atomic mass is 9.47. The van der Waals surface area contributed by atoms with Crippen LogP contribution in [0.1, 0.15) is 58.8 Å². The summed E-state index contributed by atoms with van der Waals surface area (Å²) in [6.07, 6.45) is 12.9. The van der Waals surface area contributed by atoms with Crippen molar-refractivity contribution in [3.63, 3.8) is 0 Å². The van der Waals surface area contributed by atoms with Crippen molar-refractivity contribution < 1.29 is 9.53 Å². The molecule has 1 aliphatic heterocycles. The molecule has 2 nitrogen and oxygen atoms in total. The lowest BCUT2D eigenvalue weighted by molar-refractivity contribution is -0.116. The van der Waals surface area contributed by atoms with Crippen molar-refractivity contribution in [3.05, 3.63) is 23.3 Å². The first-order chi connectivity index (χ1) is 11.1. The fraction of sp³-hybridized carbons (Fsp3) is 0.762. The molecule has 3 saturated carbocycles. The van der Waals surface area contributed by atoms with E-state index in [9.17, 15) is 4.79 Å². The molecule has 2 heteroatoms. The molecule has 2 bridgehead atoms. The summed E-state index contributed by atoms with van der Waals surface area (Å²) in [5.41, 5.74) is 3.77. The second-order valence-electron chi connectivity index (χ2n) is 8.94. The Kier molecular flexibility index (Phi) is 2.89. The molecule has 124 valence electrons. The van der Waals surface area contributed by atoms with Gasteiger partial charge in [0.05, 0.1) is 12.7 Å². The van der Waals surface area contributed by atoms with Gasteiger partial charge in [0.15, 0.2) is 5.78 Å². The minimum Gasteiger partial charge on any atom is -0.373 e. The highest BCUT2D eigenvalue weighted by Crippen LogP contribution is 2.68. The summed E-state index contributed by atoms with van der Waals surface area (Å²) in [4.78, 5) is 12.0. The summed E-state index contributed by atoms with van der Waals surface area (Å²) < 4.78 is 6.25. The number of hydrogen-bond acceptors (Lipinski definition) is 2. The van der Waals surface area contributed by atoms with Gasteiger partial charge in [0.25, 0.3) is 0 Å². The number of carbonyl (C=O) groups is 1. The number of rotatable bonds is 0. The van der Waals surface area contributed by atoms with Crippen LogP contribution in [0, 0.1) is 28.6 Å². The molecule has 0 aromatic heterocycles. The molecule has 0 aromatic rings.